The van der Waals surface area contributed by atoms with Gasteiger partial charge >= 0.3 is 0 Å². The number of nitrogens with zero attached hydrogens (tertiary/aromatic N) is 1. The maximum Gasteiger partial charge on any atom is 0.221 e. The average Bonchev–Trinajstić information content (AvgIpc) is 2.74. The summed E-state index contributed by atoms with van der Waals surface area (Å²) >= 11 is 1.34. The zero-order valence-corrected chi connectivity index (χ0v) is 10.4. The highest BCUT2D eigenvalue weighted by Crippen LogP contribution is 2.41. The summed E-state index contributed by atoms with van der Waals surface area (Å²) in [4.78, 5) is 23.8. The summed E-state index contributed by atoms with van der Waals surface area (Å²) in [5.41, 5.74) is 0.709. The lowest BCUT2D eigenvalue weighted by Gasteiger charge is -2.29. The first-order valence-electron chi connectivity index (χ1n) is 5.37. The molecule has 1 amide bonds. The molecular formula is C12H11FNO3S-. The first kappa shape index (κ1) is 12.9. The molecule has 1 heterocycles. The van der Waals surface area contributed by atoms with Crippen LogP contribution in [0.25, 0.3) is 0 Å². The number of carboxylic acids is 1. The van der Waals surface area contributed by atoms with Crippen molar-refractivity contribution in [2.24, 2.45) is 0 Å². The molecule has 18 heavy (non-hydrogen) atoms. The Kier molecular flexibility index (Phi) is 3.56. The molecule has 0 aromatic heterocycles. The number of thioether (sulfide) groups is 1. The highest BCUT2D eigenvalue weighted by atomic mass is 32.2. The standard InChI is InChI=1S/C12H12FNO3S/c1-7(15)14-10(12(16)17)6-18-11(14)8-2-4-9(13)5-3-8/h2-5,10-11H,6H2,1H3,(H,16,17)/p-1/t10-,11+/m1/s1. The van der Waals surface area contributed by atoms with Crippen molar-refractivity contribution in [3.8, 4) is 0 Å². The lowest BCUT2D eigenvalue weighted by molar-refractivity contribution is -0.310. The van der Waals surface area contributed by atoms with Crippen LogP contribution in [0, 0.1) is 5.82 Å². The number of amides is 1. The zero-order valence-electron chi connectivity index (χ0n) is 9.63. The van der Waals surface area contributed by atoms with Crippen LogP contribution >= 0.6 is 11.8 Å². The fourth-order valence-corrected chi connectivity index (χ4v) is 3.42. The molecule has 6 heteroatoms. The minimum atomic E-state index is -1.26. The van der Waals surface area contributed by atoms with Crippen LogP contribution in [0.1, 0.15) is 17.9 Å². The number of carbonyl (C=O) groups is 2. The van der Waals surface area contributed by atoms with Gasteiger partial charge in [0.1, 0.15) is 11.2 Å². The van der Waals surface area contributed by atoms with E-state index in [0.717, 1.165) is 0 Å². The van der Waals surface area contributed by atoms with Crippen molar-refractivity contribution in [3.05, 3.63) is 35.6 Å². The van der Waals surface area contributed by atoms with E-state index in [9.17, 15) is 19.1 Å². The quantitative estimate of drug-likeness (QED) is 0.785. The molecule has 0 unspecified atom stereocenters. The SMILES string of the molecule is CC(=O)N1[C@@H](C(=O)[O-])CS[C@H]1c1ccc(F)cc1. The molecule has 1 aromatic carbocycles. The normalized spacial score (nSPS) is 23.1. The molecule has 0 saturated carbocycles. The molecule has 0 spiro atoms. The number of aliphatic carboxylic acids is 1. The van der Waals surface area contributed by atoms with Gasteiger partial charge in [0, 0.05) is 12.7 Å². The number of carbonyl (C=O) groups excluding carboxylic acids is 2. The Morgan fingerprint density at radius 1 is 1.39 bits per heavy atom. The molecule has 4 nitrogen and oxygen atoms in total. The number of rotatable bonds is 2. The summed E-state index contributed by atoms with van der Waals surface area (Å²) in [5, 5.41) is 10.6. The van der Waals surface area contributed by atoms with Gasteiger partial charge in [-0.05, 0) is 17.7 Å². The highest BCUT2D eigenvalue weighted by Gasteiger charge is 2.37. The maximum absolute atomic E-state index is 12.8. The summed E-state index contributed by atoms with van der Waals surface area (Å²) in [6.45, 7) is 1.32. The Labute approximate surface area is 108 Å². The molecule has 0 bridgehead atoms. The monoisotopic (exact) mass is 268 g/mol. The van der Waals surface area contributed by atoms with Gasteiger partial charge in [-0.2, -0.15) is 0 Å². The average molecular weight is 268 g/mol. The van der Waals surface area contributed by atoms with Gasteiger partial charge in [-0.15, -0.1) is 11.8 Å². The Hall–Kier alpha value is -1.56. The largest absolute Gasteiger partial charge is 0.548 e. The second-order valence-corrected chi connectivity index (χ2v) is 5.11. The summed E-state index contributed by atoms with van der Waals surface area (Å²) in [6, 6.07) is 4.77. The number of hydrogen-bond donors (Lipinski definition) is 0. The van der Waals surface area contributed by atoms with Crippen molar-refractivity contribution in [1.82, 2.24) is 4.90 Å². The minimum Gasteiger partial charge on any atom is -0.548 e. The highest BCUT2D eigenvalue weighted by molar-refractivity contribution is 7.99. The van der Waals surface area contributed by atoms with E-state index < -0.39 is 17.4 Å². The second kappa shape index (κ2) is 4.97. The van der Waals surface area contributed by atoms with Gasteiger partial charge < -0.3 is 14.8 Å². The lowest BCUT2D eigenvalue weighted by atomic mass is 10.1. The third-order valence-electron chi connectivity index (χ3n) is 2.79. The Bertz CT molecular complexity index is 477. The predicted octanol–water partition coefficient (Wildman–Crippen LogP) is 0.538. The molecule has 1 fully saturated rings. The fraction of sp³-hybridized carbons (Fsp3) is 0.333. The molecule has 1 aliphatic heterocycles. The number of hydrogen-bond acceptors (Lipinski definition) is 4. The molecule has 0 radical (unpaired) electrons. The van der Waals surface area contributed by atoms with Crippen LogP contribution in [0.5, 0.6) is 0 Å². The molecule has 1 aliphatic rings. The van der Waals surface area contributed by atoms with Crippen LogP contribution < -0.4 is 5.11 Å². The molecule has 2 rings (SSSR count). The van der Waals surface area contributed by atoms with E-state index in [1.165, 1.54) is 35.7 Å². The van der Waals surface area contributed by atoms with Gasteiger partial charge in [0.2, 0.25) is 5.91 Å². The number of carboxylic acid groups (broad SMARTS) is 1. The second-order valence-electron chi connectivity index (χ2n) is 4.00. The molecule has 1 saturated heterocycles. The van der Waals surface area contributed by atoms with Crippen LogP contribution in [-0.4, -0.2) is 28.6 Å². The van der Waals surface area contributed by atoms with Crippen LogP contribution in [0.2, 0.25) is 0 Å². The van der Waals surface area contributed by atoms with E-state index in [4.69, 9.17) is 0 Å². The molecule has 1 aromatic rings. The Morgan fingerprint density at radius 2 is 2.00 bits per heavy atom. The smallest absolute Gasteiger partial charge is 0.221 e. The van der Waals surface area contributed by atoms with E-state index in [-0.39, 0.29) is 17.5 Å². The number of benzene rings is 1. The van der Waals surface area contributed by atoms with E-state index in [2.05, 4.69) is 0 Å². The topological polar surface area (TPSA) is 60.4 Å². The van der Waals surface area contributed by atoms with Crippen molar-refractivity contribution >= 4 is 23.6 Å². The molecule has 0 N–H and O–H groups in total. The molecule has 2 atom stereocenters. The summed E-state index contributed by atoms with van der Waals surface area (Å²) < 4.78 is 12.8. The summed E-state index contributed by atoms with van der Waals surface area (Å²) in [6.07, 6.45) is 0. The first-order valence-corrected chi connectivity index (χ1v) is 6.42. The summed E-state index contributed by atoms with van der Waals surface area (Å²) in [5.74, 6) is -1.68. The Balaban J connectivity index is 2.30. The maximum atomic E-state index is 12.8. The third kappa shape index (κ3) is 2.33. The van der Waals surface area contributed by atoms with E-state index >= 15 is 0 Å². The Morgan fingerprint density at radius 3 is 2.50 bits per heavy atom. The van der Waals surface area contributed by atoms with E-state index in [1.54, 1.807) is 12.1 Å². The van der Waals surface area contributed by atoms with Gasteiger partial charge in [-0.1, -0.05) is 12.1 Å². The van der Waals surface area contributed by atoms with Gasteiger partial charge in [0.25, 0.3) is 0 Å². The fourth-order valence-electron chi connectivity index (χ4n) is 1.96. The van der Waals surface area contributed by atoms with Crippen LogP contribution in [-0.2, 0) is 9.59 Å². The predicted molar refractivity (Wildman–Crippen MR) is 62.9 cm³/mol. The van der Waals surface area contributed by atoms with Crippen LogP contribution in [0.4, 0.5) is 4.39 Å². The van der Waals surface area contributed by atoms with Crippen molar-refractivity contribution in [1.29, 1.82) is 0 Å². The van der Waals surface area contributed by atoms with Gasteiger partial charge in [-0.3, -0.25) is 4.79 Å². The van der Waals surface area contributed by atoms with Crippen molar-refractivity contribution in [2.45, 2.75) is 18.3 Å². The van der Waals surface area contributed by atoms with Crippen molar-refractivity contribution < 1.29 is 19.1 Å². The summed E-state index contributed by atoms with van der Waals surface area (Å²) in [7, 11) is 0. The molecule has 0 aliphatic carbocycles. The van der Waals surface area contributed by atoms with E-state index in [1.807, 2.05) is 0 Å². The molecular weight excluding hydrogens is 257 g/mol. The lowest BCUT2D eigenvalue weighted by Crippen LogP contribution is -2.48. The minimum absolute atomic E-state index is 0.282. The first-order chi connectivity index (χ1) is 8.50. The van der Waals surface area contributed by atoms with Gasteiger partial charge in [-0.25, -0.2) is 4.39 Å². The van der Waals surface area contributed by atoms with Crippen molar-refractivity contribution in [3.63, 3.8) is 0 Å². The van der Waals surface area contributed by atoms with Gasteiger partial charge in [0.05, 0.1) is 12.0 Å². The van der Waals surface area contributed by atoms with Gasteiger partial charge in [0.15, 0.2) is 0 Å². The van der Waals surface area contributed by atoms with E-state index in [0.29, 0.717) is 5.56 Å². The third-order valence-corrected chi connectivity index (χ3v) is 4.11. The number of halogens is 1. The molecule has 96 valence electrons. The zero-order chi connectivity index (χ0) is 13.3. The van der Waals surface area contributed by atoms with Crippen LogP contribution in [0.15, 0.2) is 24.3 Å². The van der Waals surface area contributed by atoms with Crippen LogP contribution in [0.3, 0.4) is 0 Å². The van der Waals surface area contributed by atoms with Crippen molar-refractivity contribution in [2.75, 3.05) is 5.75 Å².